The quantitative estimate of drug-likeness (QED) is 0.132. The van der Waals surface area contributed by atoms with Gasteiger partial charge in [-0.1, -0.05) is 61.9 Å². The van der Waals surface area contributed by atoms with E-state index >= 15 is 0 Å². The average molecular weight is 603 g/mol. The van der Waals surface area contributed by atoms with Crippen molar-refractivity contribution in [3.63, 3.8) is 0 Å². The number of amides is 3. The Kier molecular flexibility index (Phi) is 10.8. The van der Waals surface area contributed by atoms with E-state index in [9.17, 15) is 19.2 Å². The first-order chi connectivity index (χ1) is 21.2. The number of hydrogen-bond acceptors (Lipinski definition) is 9. The Bertz CT molecular complexity index is 1580. The Morgan fingerprint density at radius 1 is 1.00 bits per heavy atom. The van der Waals surface area contributed by atoms with Gasteiger partial charge in [0.1, 0.15) is 11.9 Å². The fraction of sp³-hybridized carbons (Fsp3) is 0.345. The molecular weight excluding hydrogens is 568 g/mol. The van der Waals surface area contributed by atoms with Crippen LogP contribution in [0.15, 0.2) is 48.5 Å². The van der Waals surface area contributed by atoms with E-state index in [2.05, 4.69) is 53.8 Å². The summed E-state index contributed by atoms with van der Waals surface area (Å²) in [6.07, 6.45) is 2.05. The molecule has 3 amide bonds. The number of benzene rings is 2. The number of nitrogens with zero attached hydrogens (tertiary/aromatic N) is 6. The van der Waals surface area contributed by atoms with Crippen LogP contribution in [0.1, 0.15) is 56.7 Å². The number of hydrogen-bond donors (Lipinski definition) is 5. The number of tetrazole rings is 1. The number of carboxylic acids is 1. The van der Waals surface area contributed by atoms with Crippen LogP contribution in [-0.4, -0.2) is 70.2 Å². The van der Waals surface area contributed by atoms with Gasteiger partial charge in [-0.25, -0.2) is 14.5 Å². The lowest BCUT2D eigenvalue weighted by atomic mass is 9.98. The topological polar surface area (TPSA) is 210 Å². The zero-order chi connectivity index (χ0) is 31.5. The van der Waals surface area contributed by atoms with Crippen molar-refractivity contribution in [1.82, 2.24) is 51.6 Å². The van der Waals surface area contributed by atoms with Gasteiger partial charge in [-0.05, 0) is 34.7 Å². The van der Waals surface area contributed by atoms with Crippen molar-refractivity contribution in [1.29, 1.82) is 0 Å². The maximum Gasteiger partial charge on any atom is 0.326 e. The molecule has 0 radical (unpaired) electrons. The standard InChI is InChI=1S/C29H34N10O5/c1-3-4-9-25-31-24(16-27(42)33-32-26(41)15-14-23(29(43)44)30-18(2)40)36-39(25)17-19-10-12-20(13-11-19)21-7-5-6-8-22(21)28-34-37-38-35-28/h5-8,10-13,23H,3-4,9,14-17H2,1-2H3,(H,30,40)(H,32,41)(H,33,42)(H,43,44)(H,34,35,37,38). The number of carboxylic acid groups (broad SMARTS) is 1. The minimum atomic E-state index is -1.25. The lowest BCUT2D eigenvalue weighted by Gasteiger charge is -2.13. The number of aliphatic carboxylic acids is 1. The predicted molar refractivity (Wildman–Crippen MR) is 157 cm³/mol. The molecule has 0 bridgehead atoms. The van der Waals surface area contributed by atoms with Crippen LogP contribution in [0.3, 0.4) is 0 Å². The smallest absolute Gasteiger partial charge is 0.326 e. The first-order valence-corrected chi connectivity index (χ1v) is 14.2. The highest BCUT2D eigenvalue weighted by molar-refractivity contribution is 5.85. The van der Waals surface area contributed by atoms with Gasteiger partial charge in [-0.3, -0.25) is 25.2 Å². The summed E-state index contributed by atoms with van der Waals surface area (Å²) in [7, 11) is 0. The lowest BCUT2D eigenvalue weighted by Crippen LogP contribution is -2.44. The SMILES string of the molecule is CCCCc1nc(CC(=O)NNC(=O)CCC(NC(C)=O)C(=O)O)nn1Cc1ccc(-c2ccccc2-c2nn[nH]n2)cc1. The highest BCUT2D eigenvalue weighted by Crippen LogP contribution is 2.29. The van der Waals surface area contributed by atoms with Crippen molar-refractivity contribution in [3.05, 3.63) is 65.7 Å². The zero-order valence-electron chi connectivity index (χ0n) is 24.4. The molecular formula is C29H34N10O5. The third-order valence-electron chi connectivity index (χ3n) is 6.65. The van der Waals surface area contributed by atoms with E-state index in [1.165, 1.54) is 6.92 Å². The van der Waals surface area contributed by atoms with Gasteiger partial charge in [-0.2, -0.15) is 10.3 Å². The number of unbranched alkanes of at least 4 members (excludes halogenated alkanes) is 1. The summed E-state index contributed by atoms with van der Waals surface area (Å²) >= 11 is 0. The van der Waals surface area contributed by atoms with E-state index in [0.717, 1.165) is 40.9 Å². The first kappa shape index (κ1) is 31.5. The van der Waals surface area contributed by atoms with E-state index in [-0.39, 0.29) is 19.3 Å². The molecule has 4 aromatic rings. The van der Waals surface area contributed by atoms with Crippen LogP contribution in [0, 0.1) is 0 Å². The first-order valence-electron chi connectivity index (χ1n) is 14.2. The summed E-state index contributed by atoms with van der Waals surface area (Å²) in [5.74, 6) is -1.32. The van der Waals surface area contributed by atoms with Gasteiger partial charge < -0.3 is 10.4 Å². The molecule has 44 heavy (non-hydrogen) atoms. The maximum atomic E-state index is 12.5. The van der Waals surface area contributed by atoms with Crippen molar-refractivity contribution in [2.45, 2.75) is 65.0 Å². The third kappa shape index (κ3) is 8.77. The molecule has 2 heterocycles. The largest absolute Gasteiger partial charge is 0.480 e. The fourth-order valence-electron chi connectivity index (χ4n) is 4.48. The second-order valence-corrected chi connectivity index (χ2v) is 10.1. The number of rotatable bonds is 14. The van der Waals surface area contributed by atoms with Gasteiger partial charge in [0.15, 0.2) is 5.82 Å². The molecule has 15 nitrogen and oxygen atoms in total. The summed E-state index contributed by atoms with van der Waals surface area (Å²) in [5.41, 5.74) is 8.39. The molecule has 15 heteroatoms. The number of carbonyl (C=O) groups excluding carboxylic acids is 3. The molecule has 5 N–H and O–H groups in total. The molecule has 4 rings (SSSR count). The fourth-order valence-corrected chi connectivity index (χ4v) is 4.48. The van der Waals surface area contributed by atoms with E-state index in [0.29, 0.717) is 24.6 Å². The molecule has 1 unspecified atom stereocenters. The summed E-state index contributed by atoms with van der Waals surface area (Å²) in [5, 5.41) is 30.3. The van der Waals surface area contributed by atoms with E-state index in [1.807, 2.05) is 48.5 Å². The number of nitrogens with one attached hydrogen (secondary N) is 4. The van der Waals surface area contributed by atoms with Gasteiger partial charge >= 0.3 is 5.97 Å². The molecule has 0 spiro atoms. The highest BCUT2D eigenvalue weighted by Gasteiger charge is 2.20. The lowest BCUT2D eigenvalue weighted by molar-refractivity contribution is -0.142. The average Bonchev–Trinajstić information content (AvgIpc) is 3.67. The molecule has 0 aliphatic rings. The molecule has 0 aliphatic heterocycles. The summed E-state index contributed by atoms with van der Waals surface area (Å²) in [6, 6.07) is 14.7. The summed E-state index contributed by atoms with van der Waals surface area (Å²) in [4.78, 5) is 51.5. The number of H-pyrrole nitrogens is 1. The molecule has 0 saturated carbocycles. The predicted octanol–water partition coefficient (Wildman–Crippen LogP) is 1.58. The van der Waals surface area contributed by atoms with E-state index in [1.54, 1.807) is 4.68 Å². The molecule has 0 saturated heterocycles. The molecule has 230 valence electrons. The molecule has 1 atom stereocenters. The second kappa shape index (κ2) is 15.1. The Balaban J connectivity index is 1.37. The van der Waals surface area contributed by atoms with Crippen LogP contribution in [0.2, 0.25) is 0 Å². The molecule has 0 aliphatic carbocycles. The van der Waals surface area contributed by atoms with Crippen LogP contribution in [0.25, 0.3) is 22.5 Å². The second-order valence-electron chi connectivity index (χ2n) is 10.1. The zero-order valence-corrected chi connectivity index (χ0v) is 24.4. The van der Waals surface area contributed by atoms with Gasteiger partial charge in [0, 0.05) is 25.3 Å². The van der Waals surface area contributed by atoms with Crippen molar-refractivity contribution in [3.8, 4) is 22.5 Å². The minimum absolute atomic E-state index is 0.129. The van der Waals surface area contributed by atoms with Crippen molar-refractivity contribution in [2.24, 2.45) is 0 Å². The normalized spacial score (nSPS) is 11.5. The van der Waals surface area contributed by atoms with Crippen LogP contribution in [-0.2, 0) is 38.6 Å². The Morgan fingerprint density at radius 3 is 2.39 bits per heavy atom. The number of aryl methyl sites for hydroxylation is 1. The summed E-state index contributed by atoms with van der Waals surface area (Å²) < 4.78 is 1.78. The van der Waals surface area contributed by atoms with E-state index < -0.39 is 29.7 Å². The number of hydrazine groups is 1. The van der Waals surface area contributed by atoms with Gasteiger partial charge in [0.05, 0.1) is 13.0 Å². The Labute approximate surface area is 252 Å². The van der Waals surface area contributed by atoms with E-state index in [4.69, 9.17) is 5.11 Å². The molecule has 0 fully saturated rings. The van der Waals surface area contributed by atoms with Crippen molar-refractivity contribution < 1.29 is 24.3 Å². The molecule has 2 aromatic carbocycles. The van der Waals surface area contributed by atoms with Crippen molar-refractivity contribution in [2.75, 3.05) is 0 Å². The third-order valence-corrected chi connectivity index (χ3v) is 6.65. The van der Waals surface area contributed by atoms with Crippen LogP contribution in [0.5, 0.6) is 0 Å². The number of aromatic amines is 1. The maximum absolute atomic E-state index is 12.5. The van der Waals surface area contributed by atoms with Crippen LogP contribution < -0.4 is 16.2 Å². The summed E-state index contributed by atoms with van der Waals surface area (Å²) in [6.45, 7) is 3.73. The molecule has 2 aromatic heterocycles. The highest BCUT2D eigenvalue weighted by atomic mass is 16.4. The Morgan fingerprint density at radius 2 is 1.73 bits per heavy atom. The van der Waals surface area contributed by atoms with Crippen molar-refractivity contribution >= 4 is 23.7 Å². The minimum Gasteiger partial charge on any atom is -0.480 e. The van der Waals surface area contributed by atoms with Gasteiger partial charge in [-0.15, -0.1) is 10.2 Å². The van der Waals surface area contributed by atoms with Crippen LogP contribution >= 0.6 is 0 Å². The van der Waals surface area contributed by atoms with Gasteiger partial charge in [0.2, 0.25) is 23.5 Å². The number of aromatic nitrogens is 7. The Hall–Kier alpha value is -5.47. The van der Waals surface area contributed by atoms with Gasteiger partial charge in [0.25, 0.3) is 0 Å². The number of carbonyl (C=O) groups is 4. The monoisotopic (exact) mass is 602 g/mol. The van der Waals surface area contributed by atoms with Crippen LogP contribution in [0.4, 0.5) is 0 Å².